The minimum atomic E-state index is -3.72. The van der Waals surface area contributed by atoms with E-state index in [1.807, 2.05) is 0 Å². The summed E-state index contributed by atoms with van der Waals surface area (Å²) in [5, 5.41) is 9.10. The van der Waals surface area contributed by atoms with E-state index in [0.717, 1.165) is 12.8 Å². The number of hydrogen-bond acceptors (Lipinski definition) is 3. The number of aromatic nitrogens is 1. The number of rotatable bonds is 6. The first-order valence-corrected chi connectivity index (χ1v) is 7.43. The summed E-state index contributed by atoms with van der Waals surface area (Å²) in [5.41, 5.74) is 0.00845. The van der Waals surface area contributed by atoms with Crippen LogP contribution < -0.4 is 4.72 Å². The van der Waals surface area contributed by atoms with Gasteiger partial charge in [-0.05, 0) is 25.8 Å². The maximum absolute atomic E-state index is 12.1. The zero-order valence-electron chi connectivity index (χ0n) is 10.5. The average molecular weight is 284 g/mol. The van der Waals surface area contributed by atoms with E-state index in [2.05, 4.69) is 11.3 Å². The Morgan fingerprint density at radius 3 is 2.74 bits per heavy atom. The molecular formula is C12H16N2O4S. The normalized spacial score (nSPS) is 17.1. The molecule has 0 radical (unpaired) electrons. The van der Waals surface area contributed by atoms with Crippen molar-refractivity contribution in [2.45, 2.75) is 36.7 Å². The van der Waals surface area contributed by atoms with Gasteiger partial charge in [0.05, 0.1) is 0 Å². The molecule has 0 saturated heterocycles. The zero-order chi connectivity index (χ0) is 14.2. The van der Waals surface area contributed by atoms with Gasteiger partial charge in [-0.3, -0.25) is 0 Å². The zero-order valence-corrected chi connectivity index (χ0v) is 11.4. The van der Waals surface area contributed by atoms with Gasteiger partial charge in [0.2, 0.25) is 10.0 Å². The molecule has 0 aromatic carbocycles. The van der Waals surface area contributed by atoms with Crippen LogP contribution in [0.3, 0.4) is 0 Å². The van der Waals surface area contributed by atoms with E-state index in [1.165, 1.54) is 22.9 Å². The van der Waals surface area contributed by atoms with Gasteiger partial charge in [-0.25, -0.2) is 17.9 Å². The van der Waals surface area contributed by atoms with Crippen LogP contribution in [0.1, 0.15) is 36.3 Å². The Bertz CT molecular complexity index is 614. The Hall–Kier alpha value is -1.60. The van der Waals surface area contributed by atoms with Crippen molar-refractivity contribution in [1.82, 2.24) is 9.29 Å². The van der Waals surface area contributed by atoms with Crippen LogP contribution in [-0.2, 0) is 10.0 Å². The molecule has 1 atom stereocenters. The monoisotopic (exact) mass is 284 g/mol. The molecule has 1 aromatic rings. The van der Waals surface area contributed by atoms with Crippen molar-refractivity contribution in [3.05, 3.63) is 30.6 Å². The van der Waals surface area contributed by atoms with Gasteiger partial charge in [0.1, 0.15) is 10.6 Å². The number of sulfonamides is 1. The molecule has 0 amide bonds. The number of hydrogen-bond donors (Lipinski definition) is 2. The second-order valence-electron chi connectivity index (χ2n) is 4.65. The van der Waals surface area contributed by atoms with Gasteiger partial charge in [-0.1, -0.05) is 6.08 Å². The Morgan fingerprint density at radius 1 is 1.63 bits per heavy atom. The molecule has 0 bridgehead atoms. The highest BCUT2D eigenvalue weighted by Gasteiger charge is 2.30. The molecule has 1 aliphatic rings. The number of nitrogens with one attached hydrogen (secondary N) is 1. The van der Waals surface area contributed by atoms with E-state index in [1.54, 1.807) is 6.92 Å². The van der Waals surface area contributed by atoms with Crippen molar-refractivity contribution in [2.24, 2.45) is 0 Å². The van der Waals surface area contributed by atoms with Gasteiger partial charge < -0.3 is 9.67 Å². The van der Waals surface area contributed by atoms with Gasteiger partial charge in [-0.15, -0.1) is 6.58 Å². The maximum atomic E-state index is 12.1. The smallest absolute Gasteiger partial charge is 0.352 e. The SMILES string of the molecule is C=CC(C)NS(=O)(=O)c1cc(C(=O)O)n(C2CC2)c1. The van der Waals surface area contributed by atoms with Crippen molar-refractivity contribution in [1.29, 1.82) is 0 Å². The molecule has 0 aliphatic heterocycles. The molecule has 2 N–H and O–H groups in total. The first-order valence-electron chi connectivity index (χ1n) is 5.95. The van der Waals surface area contributed by atoms with E-state index in [-0.39, 0.29) is 16.6 Å². The molecule has 7 heteroatoms. The summed E-state index contributed by atoms with van der Waals surface area (Å²) in [7, 11) is -3.72. The highest BCUT2D eigenvalue weighted by molar-refractivity contribution is 7.89. The highest BCUT2D eigenvalue weighted by atomic mass is 32.2. The van der Waals surface area contributed by atoms with Gasteiger partial charge in [0.25, 0.3) is 0 Å². The second kappa shape index (κ2) is 4.82. The van der Waals surface area contributed by atoms with Crippen molar-refractivity contribution >= 4 is 16.0 Å². The van der Waals surface area contributed by atoms with E-state index in [4.69, 9.17) is 5.11 Å². The number of carboxylic acids is 1. The topological polar surface area (TPSA) is 88.4 Å². The molecule has 19 heavy (non-hydrogen) atoms. The van der Waals surface area contributed by atoms with E-state index < -0.39 is 22.0 Å². The Balaban J connectivity index is 2.37. The molecule has 1 aromatic heterocycles. The van der Waals surface area contributed by atoms with Crippen LogP contribution in [0.25, 0.3) is 0 Å². The van der Waals surface area contributed by atoms with E-state index in [0.29, 0.717) is 0 Å². The molecule has 1 saturated carbocycles. The first-order chi connectivity index (χ1) is 8.85. The lowest BCUT2D eigenvalue weighted by atomic mass is 10.4. The van der Waals surface area contributed by atoms with Gasteiger partial charge >= 0.3 is 5.97 Å². The van der Waals surface area contributed by atoms with Crippen LogP contribution in [0.15, 0.2) is 29.8 Å². The summed E-state index contributed by atoms with van der Waals surface area (Å²) in [6.45, 7) is 5.15. The van der Waals surface area contributed by atoms with Crippen molar-refractivity contribution in [2.75, 3.05) is 0 Å². The van der Waals surface area contributed by atoms with Crippen LogP contribution >= 0.6 is 0 Å². The lowest BCUT2D eigenvalue weighted by molar-refractivity contribution is 0.0685. The Morgan fingerprint density at radius 2 is 2.26 bits per heavy atom. The van der Waals surface area contributed by atoms with Crippen molar-refractivity contribution in [3.63, 3.8) is 0 Å². The standard InChI is InChI=1S/C12H16N2O4S/c1-3-8(2)13-19(17,18)10-6-11(12(15)16)14(7-10)9-4-5-9/h3,6-9,13H,1,4-5H2,2H3,(H,15,16). The van der Waals surface area contributed by atoms with E-state index in [9.17, 15) is 13.2 Å². The Kier molecular flexibility index (Phi) is 3.51. The van der Waals surface area contributed by atoms with Gasteiger partial charge in [0, 0.05) is 18.3 Å². The summed E-state index contributed by atoms with van der Waals surface area (Å²) in [6.07, 6.45) is 4.61. The minimum absolute atomic E-state index is 0.00845. The summed E-state index contributed by atoms with van der Waals surface area (Å²) in [4.78, 5) is 11.1. The van der Waals surface area contributed by atoms with E-state index >= 15 is 0 Å². The quantitative estimate of drug-likeness (QED) is 0.772. The lowest BCUT2D eigenvalue weighted by Crippen LogP contribution is -2.30. The molecule has 1 aliphatic carbocycles. The maximum Gasteiger partial charge on any atom is 0.352 e. The molecule has 1 unspecified atom stereocenters. The first kappa shape index (κ1) is 13.8. The van der Waals surface area contributed by atoms with Gasteiger partial charge in [0.15, 0.2) is 0 Å². The molecular weight excluding hydrogens is 268 g/mol. The number of carbonyl (C=O) groups is 1. The van der Waals surface area contributed by atoms with Crippen LogP contribution in [0.4, 0.5) is 0 Å². The molecule has 6 nitrogen and oxygen atoms in total. The second-order valence-corrected chi connectivity index (χ2v) is 6.36. The number of nitrogens with zero attached hydrogens (tertiary/aromatic N) is 1. The lowest BCUT2D eigenvalue weighted by Gasteiger charge is -2.08. The molecule has 2 rings (SSSR count). The average Bonchev–Trinajstić information content (AvgIpc) is 3.06. The van der Waals surface area contributed by atoms with Crippen molar-refractivity contribution in [3.8, 4) is 0 Å². The fraction of sp³-hybridized carbons (Fsp3) is 0.417. The fourth-order valence-corrected chi connectivity index (χ4v) is 3.03. The predicted molar refractivity (Wildman–Crippen MR) is 69.6 cm³/mol. The van der Waals surface area contributed by atoms with Crippen LogP contribution in [0, 0.1) is 0 Å². The third-order valence-electron chi connectivity index (χ3n) is 2.99. The summed E-state index contributed by atoms with van der Waals surface area (Å²) in [6, 6.07) is 0.883. The Labute approximate surface area is 111 Å². The molecule has 1 fully saturated rings. The summed E-state index contributed by atoms with van der Waals surface area (Å²) < 4.78 is 28.1. The number of carboxylic acid groups (broad SMARTS) is 1. The highest BCUT2D eigenvalue weighted by Crippen LogP contribution is 2.37. The molecule has 1 heterocycles. The summed E-state index contributed by atoms with van der Waals surface area (Å²) >= 11 is 0. The number of aromatic carboxylic acids is 1. The minimum Gasteiger partial charge on any atom is -0.477 e. The third kappa shape index (κ3) is 2.87. The van der Waals surface area contributed by atoms with Crippen LogP contribution in [0.5, 0.6) is 0 Å². The fourth-order valence-electron chi connectivity index (χ4n) is 1.79. The third-order valence-corrected chi connectivity index (χ3v) is 4.51. The molecule has 0 spiro atoms. The van der Waals surface area contributed by atoms with Crippen LogP contribution in [-0.4, -0.2) is 30.1 Å². The van der Waals surface area contributed by atoms with Crippen molar-refractivity contribution < 1.29 is 18.3 Å². The summed E-state index contributed by atoms with van der Waals surface area (Å²) in [5.74, 6) is -1.12. The van der Waals surface area contributed by atoms with Crippen LogP contribution in [0.2, 0.25) is 0 Å². The van der Waals surface area contributed by atoms with Gasteiger partial charge in [-0.2, -0.15) is 0 Å². The molecule has 104 valence electrons. The predicted octanol–water partition coefficient (Wildman–Crippen LogP) is 1.37. The largest absolute Gasteiger partial charge is 0.477 e.